The normalized spacial score (nSPS) is 29.2. The Kier molecular flexibility index (Phi) is 2.53. The lowest BCUT2D eigenvalue weighted by Gasteiger charge is -2.25. The number of allylic oxidation sites excluding steroid dienone is 1. The third-order valence-electron chi connectivity index (χ3n) is 3.60. The average Bonchev–Trinajstić information content (AvgIpc) is 2.29. The Bertz CT molecular complexity index is 512. The zero-order chi connectivity index (χ0) is 10.8. The molecule has 16 heavy (non-hydrogen) atoms. The lowest BCUT2D eigenvalue weighted by atomic mass is 9.82. The van der Waals surface area contributed by atoms with Crippen LogP contribution in [-0.2, 0) is 0 Å². The standard InChI is InChI=1S/C15H17N/c1-2-5-13-11-15-7-9-16-8-3-6-14(15)10-12(13)4-1/h1-5,8,10-11,14-16H,6-7,9H2/b8-3-. The summed E-state index contributed by atoms with van der Waals surface area (Å²) in [5.74, 6) is 1.39. The van der Waals surface area contributed by atoms with Crippen LogP contribution in [-0.4, -0.2) is 6.54 Å². The van der Waals surface area contributed by atoms with Crippen LogP contribution in [0.5, 0.6) is 0 Å². The van der Waals surface area contributed by atoms with Gasteiger partial charge in [0.05, 0.1) is 0 Å². The lowest BCUT2D eigenvalue weighted by Crippen LogP contribution is -2.34. The van der Waals surface area contributed by atoms with Crippen molar-refractivity contribution in [3.63, 3.8) is 0 Å². The van der Waals surface area contributed by atoms with Crippen LogP contribution >= 0.6 is 0 Å². The number of nitrogens with one attached hydrogen (secondary N) is 1. The molecule has 1 aliphatic heterocycles. The molecule has 1 nitrogen and oxygen atoms in total. The molecular formula is C15H17N. The summed E-state index contributed by atoms with van der Waals surface area (Å²) >= 11 is 0. The zero-order valence-corrected chi connectivity index (χ0v) is 9.39. The number of hydrogen-bond donors (Lipinski definition) is 1. The second kappa shape index (κ2) is 4.17. The molecule has 82 valence electrons. The minimum Gasteiger partial charge on any atom is -0.391 e. The van der Waals surface area contributed by atoms with Gasteiger partial charge in [0.15, 0.2) is 0 Å². The SMILES string of the molecule is C1=c2ccccc2=CC2CCN/C=C\CC12. The van der Waals surface area contributed by atoms with Crippen LogP contribution in [0.1, 0.15) is 12.8 Å². The van der Waals surface area contributed by atoms with E-state index in [1.54, 1.807) is 0 Å². The molecule has 2 unspecified atom stereocenters. The quantitative estimate of drug-likeness (QED) is 0.684. The average molecular weight is 211 g/mol. The van der Waals surface area contributed by atoms with Gasteiger partial charge in [0.1, 0.15) is 0 Å². The van der Waals surface area contributed by atoms with Crippen molar-refractivity contribution < 1.29 is 0 Å². The van der Waals surface area contributed by atoms with Crippen molar-refractivity contribution in [1.82, 2.24) is 5.32 Å². The minimum atomic E-state index is 0.688. The molecule has 0 bridgehead atoms. The van der Waals surface area contributed by atoms with Gasteiger partial charge in [-0.25, -0.2) is 0 Å². The summed E-state index contributed by atoms with van der Waals surface area (Å²) < 4.78 is 0. The highest BCUT2D eigenvalue weighted by atomic mass is 14.8. The van der Waals surface area contributed by atoms with E-state index < -0.39 is 0 Å². The van der Waals surface area contributed by atoms with Crippen molar-refractivity contribution in [3.8, 4) is 0 Å². The fourth-order valence-electron chi connectivity index (χ4n) is 2.71. The fourth-order valence-corrected chi connectivity index (χ4v) is 2.71. The number of hydrogen-bond acceptors (Lipinski definition) is 1. The molecule has 0 amide bonds. The molecule has 1 aromatic rings. The second-order valence-corrected chi connectivity index (χ2v) is 4.67. The Labute approximate surface area is 96.2 Å². The first kappa shape index (κ1) is 9.71. The van der Waals surface area contributed by atoms with Gasteiger partial charge in [0.2, 0.25) is 0 Å². The van der Waals surface area contributed by atoms with Crippen LogP contribution < -0.4 is 15.8 Å². The van der Waals surface area contributed by atoms with Gasteiger partial charge < -0.3 is 5.32 Å². The third-order valence-corrected chi connectivity index (χ3v) is 3.60. The monoisotopic (exact) mass is 211 g/mol. The molecule has 1 aromatic carbocycles. The maximum atomic E-state index is 3.33. The van der Waals surface area contributed by atoms with Gasteiger partial charge in [-0.05, 0) is 41.3 Å². The Morgan fingerprint density at radius 1 is 1.00 bits per heavy atom. The summed E-state index contributed by atoms with van der Waals surface area (Å²) in [7, 11) is 0. The first-order valence-corrected chi connectivity index (χ1v) is 6.11. The van der Waals surface area contributed by atoms with Crippen LogP contribution in [0.2, 0.25) is 0 Å². The molecule has 1 N–H and O–H groups in total. The van der Waals surface area contributed by atoms with Crippen molar-refractivity contribution in [2.75, 3.05) is 6.54 Å². The van der Waals surface area contributed by atoms with E-state index >= 15 is 0 Å². The minimum absolute atomic E-state index is 0.688. The Hall–Kier alpha value is -1.50. The van der Waals surface area contributed by atoms with E-state index in [4.69, 9.17) is 0 Å². The summed E-state index contributed by atoms with van der Waals surface area (Å²) in [6.07, 6.45) is 11.7. The molecule has 2 atom stereocenters. The Balaban J connectivity index is 2.05. The highest BCUT2D eigenvalue weighted by Crippen LogP contribution is 2.25. The van der Waals surface area contributed by atoms with E-state index in [-0.39, 0.29) is 0 Å². The first-order chi connectivity index (χ1) is 7.93. The molecule has 0 aromatic heterocycles. The van der Waals surface area contributed by atoms with Gasteiger partial charge in [0.25, 0.3) is 0 Å². The van der Waals surface area contributed by atoms with Crippen molar-refractivity contribution in [3.05, 3.63) is 47.0 Å². The van der Waals surface area contributed by atoms with Crippen LogP contribution in [0, 0.1) is 11.8 Å². The molecule has 0 radical (unpaired) electrons. The summed E-state index contributed by atoms with van der Waals surface area (Å²) in [5, 5.41) is 6.15. The predicted octanol–water partition coefficient (Wildman–Crippen LogP) is 1.39. The molecule has 0 spiro atoms. The smallest absolute Gasteiger partial charge is 0.0147 e. The molecule has 1 heteroatoms. The summed E-state index contributed by atoms with van der Waals surface area (Å²) in [5.41, 5.74) is 0. The van der Waals surface area contributed by atoms with Crippen molar-refractivity contribution in [1.29, 1.82) is 0 Å². The largest absolute Gasteiger partial charge is 0.391 e. The molecular weight excluding hydrogens is 194 g/mol. The van der Waals surface area contributed by atoms with E-state index in [0.29, 0.717) is 11.8 Å². The Morgan fingerprint density at radius 3 is 2.56 bits per heavy atom. The Morgan fingerprint density at radius 2 is 1.75 bits per heavy atom. The van der Waals surface area contributed by atoms with Gasteiger partial charge in [-0.15, -0.1) is 0 Å². The molecule has 0 saturated heterocycles. The lowest BCUT2D eigenvalue weighted by molar-refractivity contribution is 0.472. The maximum Gasteiger partial charge on any atom is 0.0147 e. The number of fused-ring (bicyclic) bond motifs is 2. The van der Waals surface area contributed by atoms with Crippen LogP contribution in [0.3, 0.4) is 0 Å². The number of benzene rings is 1. The van der Waals surface area contributed by atoms with Gasteiger partial charge in [-0.1, -0.05) is 42.5 Å². The topological polar surface area (TPSA) is 12.0 Å². The summed E-state index contributed by atoms with van der Waals surface area (Å²) in [4.78, 5) is 0. The van der Waals surface area contributed by atoms with Crippen LogP contribution in [0.25, 0.3) is 12.2 Å². The van der Waals surface area contributed by atoms with Gasteiger partial charge in [0, 0.05) is 6.54 Å². The molecule has 3 rings (SSSR count). The highest BCUT2D eigenvalue weighted by molar-refractivity contribution is 5.43. The van der Waals surface area contributed by atoms with Crippen molar-refractivity contribution in [2.24, 2.45) is 11.8 Å². The van der Waals surface area contributed by atoms with Crippen LogP contribution in [0.15, 0.2) is 36.5 Å². The molecule has 2 aliphatic rings. The van der Waals surface area contributed by atoms with E-state index in [1.165, 1.54) is 16.9 Å². The molecule has 0 saturated carbocycles. The summed E-state index contributed by atoms with van der Waals surface area (Å²) in [6, 6.07) is 8.71. The fraction of sp³-hybridized carbons (Fsp3) is 0.333. The molecule has 1 aliphatic carbocycles. The maximum absolute atomic E-state index is 3.33. The van der Waals surface area contributed by atoms with E-state index in [9.17, 15) is 0 Å². The van der Waals surface area contributed by atoms with Crippen molar-refractivity contribution >= 4 is 12.2 Å². The van der Waals surface area contributed by atoms with E-state index in [2.05, 4.69) is 54.0 Å². The van der Waals surface area contributed by atoms with Crippen molar-refractivity contribution in [2.45, 2.75) is 12.8 Å². The number of rotatable bonds is 0. The van der Waals surface area contributed by atoms with Crippen LogP contribution in [0.4, 0.5) is 0 Å². The van der Waals surface area contributed by atoms with E-state index in [0.717, 1.165) is 13.0 Å². The highest BCUT2D eigenvalue weighted by Gasteiger charge is 2.19. The van der Waals surface area contributed by atoms with E-state index in [1.807, 2.05) is 0 Å². The second-order valence-electron chi connectivity index (χ2n) is 4.67. The van der Waals surface area contributed by atoms with Gasteiger partial charge >= 0.3 is 0 Å². The first-order valence-electron chi connectivity index (χ1n) is 6.11. The zero-order valence-electron chi connectivity index (χ0n) is 9.39. The third kappa shape index (κ3) is 1.78. The summed E-state index contributed by atoms with van der Waals surface area (Å²) in [6.45, 7) is 1.09. The van der Waals surface area contributed by atoms with Gasteiger partial charge in [-0.2, -0.15) is 0 Å². The molecule has 1 heterocycles. The predicted molar refractivity (Wildman–Crippen MR) is 68.0 cm³/mol. The molecule has 0 fully saturated rings. The van der Waals surface area contributed by atoms with Gasteiger partial charge in [-0.3, -0.25) is 0 Å².